The number of carbonyl (C=O) groups excluding carboxylic acids is 1. The first kappa shape index (κ1) is 14.6. The Morgan fingerprint density at radius 2 is 2.15 bits per heavy atom. The van der Waals surface area contributed by atoms with Crippen LogP contribution in [-0.4, -0.2) is 29.8 Å². The third-order valence-electron chi connectivity index (χ3n) is 3.13. The quantitative estimate of drug-likeness (QED) is 0.571. The van der Waals surface area contributed by atoms with Crippen LogP contribution >= 0.6 is 0 Å². The van der Waals surface area contributed by atoms with Crippen molar-refractivity contribution < 1.29 is 9.53 Å². The van der Waals surface area contributed by atoms with E-state index < -0.39 is 11.7 Å². The molecule has 0 bridgehead atoms. The number of para-hydroxylation sites is 1. The first-order valence-electron chi connectivity index (χ1n) is 6.60. The Hall–Kier alpha value is -1.85. The van der Waals surface area contributed by atoms with Crippen LogP contribution in [0, 0.1) is 0 Å². The minimum absolute atomic E-state index is 0.311. The summed E-state index contributed by atoms with van der Waals surface area (Å²) < 4.78 is 4.85. The molecular formula is C15H21N3O2. The second kappa shape index (κ2) is 5.64. The highest BCUT2D eigenvalue weighted by Gasteiger charge is 2.25. The van der Waals surface area contributed by atoms with E-state index in [9.17, 15) is 4.79 Å². The largest absolute Gasteiger partial charge is 0.468 e. The molecule has 0 spiro atoms. The molecule has 0 aliphatic heterocycles. The van der Waals surface area contributed by atoms with Gasteiger partial charge in [-0.2, -0.15) is 0 Å². The Kier molecular flexibility index (Phi) is 4.11. The van der Waals surface area contributed by atoms with E-state index in [1.54, 1.807) is 0 Å². The number of methoxy groups -OCH3 is 1. The van der Waals surface area contributed by atoms with E-state index in [4.69, 9.17) is 10.5 Å². The van der Waals surface area contributed by atoms with Crippen LogP contribution in [0.1, 0.15) is 19.4 Å². The number of benzene rings is 1. The first-order valence-corrected chi connectivity index (χ1v) is 6.60. The molecule has 4 N–H and O–H groups in total. The molecule has 0 saturated carbocycles. The predicted molar refractivity (Wildman–Crippen MR) is 79.2 cm³/mol. The molecule has 5 heteroatoms. The smallest absolute Gasteiger partial charge is 0.323 e. The Labute approximate surface area is 118 Å². The maximum Gasteiger partial charge on any atom is 0.323 e. The summed E-state index contributed by atoms with van der Waals surface area (Å²) in [5.74, 6) is -0.311. The van der Waals surface area contributed by atoms with Crippen molar-refractivity contribution in [1.29, 1.82) is 0 Å². The Morgan fingerprint density at radius 3 is 2.80 bits per heavy atom. The minimum atomic E-state index is -0.648. The Morgan fingerprint density at radius 1 is 1.45 bits per heavy atom. The lowest BCUT2D eigenvalue weighted by Gasteiger charge is -2.26. The molecule has 2 aromatic rings. The van der Waals surface area contributed by atoms with Gasteiger partial charge in [0, 0.05) is 23.5 Å². The molecule has 0 saturated heterocycles. The van der Waals surface area contributed by atoms with Crippen LogP contribution in [0.25, 0.3) is 10.9 Å². The molecule has 5 nitrogen and oxygen atoms in total. The average molecular weight is 275 g/mol. The second-order valence-electron chi connectivity index (χ2n) is 5.51. The molecule has 0 fully saturated rings. The molecule has 1 aromatic carbocycles. The monoisotopic (exact) mass is 275 g/mol. The maximum absolute atomic E-state index is 11.9. The lowest BCUT2D eigenvalue weighted by molar-refractivity contribution is -0.143. The van der Waals surface area contributed by atoms with Crippen molar-refractivity contribution in [1.82, 2.24) is 10.3 Å². The van der Waals surface area contributed by atoms with Crippen molar-refractivity contribution in [3.63, 3.8) is 0 Å². The summed E-state index contributed by atoms with van der Waals surface area (Å²) in [7, 11) is 1.38. The van der Waals surface area contributed by atoms with Gasteiger partial charge in [0.25, 0.3) is 0 Å². The number of rotatable bonds is 5. The number of nitrogens with two attached hydrogens (primary N) is 1. The topological polar surface area (TPSA) is 80.1 Å². The van der Waals surface area contributed by atoms with Crippen LogP contribution < -0.4 is 11.1 Å². The summed E-state index contributed by atoms with van der Waals surface area (Å²) >= 11 is 0. The van der Waals surface area contributed by atoms with Gasteiger partial charge in [0.1, 0.15) is 6.04 Å². The number of fused-ring (bicyclic) bond motifs is 1. The summed E-state index contributed by atoms with van der Waals surface area (Å²) in [6.07, 6.45) is 2.45. The number of nitrogens with one attached hydrogen (secondary N) is 2. The number of ether oxygens (including phenoxy) is 1. The number of aromatic amines is 1. The average Bonchev–Trinajstić information content (AvgIpc) is 2.79. The number of aromatic nitrogens is 1. The van der Waals surface area contributed by atoms with Gasteiger partial charge in [-0.25, -0.2) is 0 Å². The molecular weight excluding hydrogens is 254 g/mol. The Bertz CT molecular complexity index is 598. The molecule has 0 aliphatic rings. The summed E-state index contributed by atoms with van der Waals surface area (Å²) in [4.78, 5) is 15.1. The standard InChI is InChI=1S/C15H21N3O2/c1-15(2,16)18-13(14(19)20-3)8-10-9-17-12-7-5-4-6-11(10)12/h4-7,9,13,17-18H,8,16H2,1-3H3. The summed E-state index contributed by atoms with van der Waals surface area (Å²) in [5.41, 5.74) is 7.41. The van der Waals surface area contributed by atoms with Crippen molar-refractivity contribution in [3.05, 3.63) is 36.0 Å². The van der Waals surface area contributed by atoms with Gasteiger partial charge in [-0.15, -0.1) is 0 Å². The third kappa shape index (κ3) is 3.37. The second-order valence-corrected chi connectivity index (χ2v) is 5.51. The van der Waals surface area contributed by atoms with Gasteiger partial charge in [0.2, 0.25) is 0 Å². The van der Waals surface area contributed by atoms with Gasteiger partial charge in [-0.1, -0.05) is 18.2 Å². The lowest BCUT2D eigenvalue weighted by Crippen LogP contribution is -2.56. The van der Waals surface area contributed by atoms with Crippen LogP contribution in [0.15, 0.2) is 30.5 Å². The number of carbonyl (C=O) groups is 1. The van der Waals surface area contributed by atoms with Gasteiger partial charge in [-0.05, 0) is 25.5 Å². The van der Waals surface area contributed by atoms with Crippen LogP contribution in [-0.2, 0) is 16.0 Å². The lowest BCUT2D eigenvalue weighted by atomic mass is 10.0. The minimum Gasteiger partial charge on any atom is -0.468 e. The molecule has 0 amide bonds. The molecule has 0 aliphatic carbocycles. The van der Waals surface area contributed by atoms with E-state index in [0.717, 1.165) is 16.5 Å². The van der Waals surface area contributed by atoms with E-state index in [-0.39, 0.29) is 5.97 Å². The van der Waals surface area contributed by atoms with Gasteiger partial charge in [0.15, 0.2) is 0 Å². The van der Waals surface area contributed by atoms with Crippen molar-refractivity contribution >= 4 is 16.9 Å². The molecule has 1 heterocycles. The van der Waals surface area contributed by atoms with Crippen LogP contribution in [0.3, 0.4) is 0 Å². The van der Waals surface area contributed by atoms with Gasteiger partial charge >= 0.3 is 5.97 Å². The molecule has 0 radical (unpaired) electrons. The summed E-state index contributed by atoms with van der Waals surface area (Å²) in [6.45, 7) is 3.64. The molecule has 108 valence electrons. The van der Waals surface area contributed by atoms with Crippen molar-refractivity contribution in [2.45, 2.75) is 32.0 Å². The zero-order valence-electron chi connectivity index (χ0n) is 12.1. The van der Waals surface area contributed by atoms with Crippen molar-refractivity contribution in [2.75, 3.05) is 7.11 Å². The van der Waals surface area contributed by atoms with E-state index in [2.05, 4.69) is 10.3 Å². The van der Waals surface area contributed by atoms with Crippen LogP contribution in [0.2, 0.25) is 0 Å². The molecule has 2 rings (SSSR count). The fourth-order valence-corrected chi connectivity index (χ4v) is 2.31. The van der Waals surface area contributed by atoms with Gasteiger partial charge < -0.3 is 15.5 Å². The number of esters is 1. The summed E-state index contributed by atoms with van der Waals surface area (Å²) in [6, 6.07) is 7.52. The number of hydrogen-bond donors (Lipinski definition) is 3. The highest BCUT2D eigenvalue weighted by molar-refractivity contribution is 5.84. The first-order chi connectivity index (χ1) is 9.40. The zero-order valence-corrected chi connectivity index (χ0v) is 12.1. The van der Waals surface area contributed by atoms with Crippen molar-refractivity contribution in [3.8, 4) is 0 Å². The number of hydrogen-bond acceptors (Lipinski definition) is 4. The SMILES string of the molecule is COC(=O)C(Cc1c[nH]c2ccccc12)NC(C)(C)N. The highest BCUT2D eigenvalue weighted by atomic mass is 16.5. The maximum atomic E-state index is 11.9. The fourth-order valence-electron chi connectivity index (χ4n) is 2.31. The van der Waals surface area contributed by atoms with E-state index in [1.807, 2.05) is 44.3 Å². The van der Waals surface area contributed by atoms with Crippen LogP contribution in [0.4, 0.5) is 0 Å². The molecule has 1 atom stereocenters. The Balaban J connectivity index is 2.25. The van der Waals surface area contributed by atoms with Crippen LogP contribution in [0.5, 0.6) is 0 Å². The molecule has 20 heavy (non-hydrogen) atoms. The zero-order chi connectivity index (χ0) is 14.8. The molecule has 1 unspecified atom stereocenters. The summed E-state index contributed by atoms with van der Waals surface area (Å²) in [5, 5.41) is 4.21. The highest BCUT2D eigenvalue weighted by Crippen LogP contribution is 2.19. The number of H-pyrrole nitrogens is 1. The van der Waals surface area contributed by atoms with Gasteiger partial charge in [0.05, 0.1) is 12.8 Å². The van der Waals surface area contributed by atoms with E-state index >= 15 is 0 Å². The van der Waals surface area contributed by atoms with Gasteiger partial charge in [-0.3, -0.25) is 10.1 Å². The normalized spacial score (nSPS) is 13.4. The van der Waals surface area contributed by atoms with Crippen molar-refractivity contribution in [2.24, 2.45) is 5.73 Å². The van der Waals surface area contributed by atoms with E-state index in [1.165, 1.54) is 7.11 Å². The molecule has 1 aromatic heterocycles. The predicted octanol–water partition coefficient (Wildman–Crippen LogP) is 1.54. The fraction of sp³-hybridized carbons (Fsp3) is 0.400. The third-order valence-corrected chi connectivity index (χ3v) is 3.13. The van der Waals surface area contributed by atoms with E-state index in [0.29, 0.717) is 6.42 Å².